The number of pyridine rings is 2. The molecule has 0 fully saturated rings. The summed E-state index contributed by atoms with van der Waals surface area (Å²) < 4.78 is 5.28. The molecule has 0 aliphatic heterocycles. The van der Waals surface area contributed by atoms with Gasteiger partial charge in [0.15, 0.2) is 0 Å². The Kier molecular flexibility index (Phi) is 3.45. The quantitative estimate of drug-likeness (QED) is 0.792. The maximum Gasteiger partial charge on any atom is 0.276 e. The number of aromatic nitrogens is 4. The van der Waals surface area contributed by atoms with Crippen molar-refractivity contribution in [3.8, 4) is 23.0 Å². The van der Waals surface area contributed by atoms with Crippen LogP contribution in [0, 0.1) is 13.8 Å². The Labute approximate surface area is 122 Å². The average Bonchev–Trinajstić information content (AvgIpc) is 2.96. The molecule has 0 radical (unpaired) electrons. The predicted octanol–water partition coefficient (Wildman–Crippen LogP) is 2.27. The fraction of sp³-hybridized carbons (Fsp3) is 0.200. The zero-order valence-electron chi connectivity index (χ0n) is 11.9. The van der Waals surface area contributed by atoms with E-state index in [0.29, 0.717) is 24.0 Å². The van der Waals surface area contributed by atoms with Crippen molar-refractivity contribution < 1.29 is 4.52 Å². The standard InChI is InChI=1S/C15H15N5O/c1-9-5-12(6-10(2)18-9)14-19-15(21-20-14)13-4-3-11(7-16)8-17-13/h3-6,8H,7,16H2,1-2H3. The molecule has 6 heteroatoms. The summed E-state index contributed by atoms with van der Waals surface area (Å²) in [6, 6.07) is 7.56. The molecule has 106 valence electrons. The Bertz CT molecular complexity index is 744. The van der Waals surface area contributed by atoms with Gasteiger partial charge in [0.05, 0.1) is 0 Å². The fourth-order valence-electron chi connectivity index (χ4n) is 2.08. The van der Waals surface area contributed by atoms with Crippen molar-refractivity contribution in [2.75, 3.05) is 0 Å². The molecule has 0 unspecified atom stereocenters. The van der Waals surface area contributed by atoms with Crippen molar-refractivity contribution in [2.24, 2.45) is 5.73 Å². The lowest BCUT2D eigenvalue weighted by atomic mass is 10.2. The number of nitrogens with zero attached hydrogens (tertiary/aromatic N) is 4. The Morgan fingerprint density at radius 2 is 1.86 bits per heavy atom. The molecule has 3 heterocycles. The van der Waals surface area contributed by atoms with Crippen molar-refractivity contribution in [1.82, 2.24) is 20.1 Å². The van der Waals surface area contributed by atoms with Gasteiger partial charge in [-0.05, 0) is 37.6 Å². The molecule has 0 bridgehead atoms. The summed E-state index contributed by atoms with van der Waals surface area (Å²) >= 11 is 0. The number of nitrogens with two attached hydrogens (primary N) is 1. The second-order valence-electron chi connectivity index (χ2n) is 4.82. The lowest BCUT2D eigenvalue weighted by molar-refractivity contribution is 0.431. The van der Waals surface area contributed by atoms with E-state index in [4.69, 9.17) is 10.3 Å². The van der Waals surface area contributed by atoms with Gasteiger partial charge in [0, 0.05) is 29.7 Å². The van der Waals surface area contributed by atoms with Gasteiger partial charge in [-0.3, -0.25) is 9.97 Å². The molecule has 0 aliphatic carbocycles. The molecule has 21 heavy (non-hydrogen) atoms. The maximum atomic E-state index is 5.55. The average molecular weight is 281 g/mol. The van der Waals surface area contributed by atoms with Crippen molar-refractivity contribution in [3.05, 3.63) is 47.4 Å². The van der Waals surface area contributed by atoms with E-state index >= 15 is 0 Å². The molecule has 3 rings (SSSR count). The van der Waals surface area contributed by atoms with Gasteiger partial charge in [0.2, 0.25) is 5.82 Å². The molecule has 0 saturated heterocycles. The summed E-state index contributed by atoms with van der Waals surface area (Å²) in [6.45, 7) is 4.33. The first kappa shape index (κ1) is 13.4. The van der Waals surface area contributed by atoms with E-state index in [1.807, 2.05) is 38.1 Å². The van der Waals surface area contributed by atoms with Gasteiger partial charge in [0.25, 0.3) is 5.89 Å². The van der Waals surface area contributed by atoms with E-state index < -0.39 is 0 Å². The molecule has 0 aliphatic rings. The largest absolute Gasteiger partial charge is 0.332 e. The third-order valence-electron chi connectivity index (χ3n) is 3.05. The summed E-state index contributed by atoms with van der Waals surface area (Å²) in [4.78, 5) is 13.0. The van der Waals surface area contributed by atoms with E-state index in [2.05, 4.69) is 20.1 Å². The second-order valence-corrected chi connectivity index (χ2v) is 4.82. The van der Waals surface area contributed by atoms with Crippen LogP contribution >= 0.6 is 0 Å². The van der Waals surface area contributed by atoms with E-state index in [-0.39, 0.29) is 0 Å². The smallest absolute Gasteiger partial charge is 0.276 e. The van der Waals surface area contributed by atoms with Crippen LogP contribution in [-0.4, -0.2) is 20.1 Å². The zero-order chi connectivity index (χ0) is 14.8. The van der Waals surface area contributed by atoms with Crippen LogP contribution in [-0.2, 0) is 6.54 Å². The highest BCUT2D eigenvalue weighted by atomic mass is 16.5. The van der Waals surface area contributed by atoms with E-state index in [0.717, 1.165) is 22.5 Å². The van der Waals surface area contributed by atoms with E-state index in [1.54, 1.807) is 6.20 Å². The molecule has 0 saturated carbocycles. The van der Waals surface area contributed by atoms with Crippen LogP contribution in [0.3, 0.4) is 0 Å². The Hall–Kier alpha value is -2.60. The van der Waals surface area contributed by atoms with Crippen molar-refractivity contribution >= 4 is 0 Å². The minimum absolute atomic E-state index is 0.390. The van der Waals surface area contributed by atoms with Gasteiger partial charge in [0.1, 0.15) is 5.69 Å². The number of hydrogen-bond acceptors (Lipinski definition) is 6. The van der Waals surface area contributed by atoms with Gasteiger partial charge in [-0.15, -0.1) is 0 Å². The fourth-order valence-corrected chi connectivity index (χ4v) is 2.08. The second kappa shape index (κ2) is 5.41. The molecule has 3 aromatic rings. The maximum absolute atomic E-state index is 5.55. The topological polar surface area (TPSA) is 90.7 Å². The van der Waals surface area contributed by atoms with Crippen LogP contribution in [0.5, 0.6) is 0 Å². The summed E-state index contributed by atoms with van der Waals surface area (Å²) in [6.07, 6.45) is 1.71. The number of rotatable bonds is 3. The van der Waals surface area contributed by atoms with E-state index in [9.17, 15) is 0 Å². The van der Waals surface area contributed by atoms with Gasteiger partial charge in [-0.25, -0.2) is 0 Å². The highest BCUT2D eigenvalue weighted by molar-refractivity contribution is 5.58. The van der Waals surface area contributed by atoms with Gasteiger partial charge >= 0.3 is 0 Å². The Morgan fingerprint density at radius 3 is 2.48 bits per heavy atom. The van der Waals surface area contributed by atoms with Gasteiger partial charge < -0.3 is 10.3 Å². The molecule has 6 nitrogen and oxygen atoms in total. The SMILES string of the molecule is Cc1cc(-c2noc(-c3ccc(CN)cn3)n2)cc(C)n1. The monoisotopic (exact) mass is 281 g/mol. The third-order valence-corrected chi connectivity index (χ3v) is 3.05. The lowest BCUT2D eigenvalue weighted by Crippen LogP contribution is -1.96. The normalized spacial score (nSPS) is 10.8. The van der Waals surface area contributed by atoms with Crippen LogP contribution in [0.15, 0.2) is 35.0 Å². The van der Waals surface area contributed by atoms with Gasteiger partial charge in [-0.2, -0.15) is 4.98 Å². The summed E-state index contributed by atoms with van der Waals surface area (Å²) in [5, 5.41) is 4.01. The Balaban J connectivity index is 1.95. The molecular weight excluding hydrogens is 266 g/mol. The van der Waals surface area contributed by atoms with Crippen LogP contribution in [0.4, 0.5) is 0 Å². The lowest BCUT2D eigenvalue weighted by Gasteiger charge is -1.99. The van der Waals surface area contributed by atoms with Crippen molar-refractivity contribution in [1.29, 1.82) is 0 Å². The highest BCUT2D eigenvalue weighted by Gasteiger charge is 2.12. The van der Waals surface area contributed by atoms with Crippen LogP contribution in [0.25, 0.3) is 23.0 Å². The summed E-state index contributed by atoms with van der Waals surface area (Å²) in [5.74, 6) is 0.920. The summed E-state index contributed by atoms with van der Waals surface area (Å²) in [5.41, 5.74) is 9.86. The predicted molar refractivity (Wildman–Crippen MR) is 78.1 cm³/mol. The molecule has 3 aromatic heterocycles. The molecular formula is C15H15N5O. The van der Waals surface area contributed by atoms with Crippen molar-refractivity contribution in [2.45, 2.75) is 20.4 Å². The summed E-state index contributed by atoms with van der Waals surface area (Å²) in [7, 11) is 0. The first-order valence-corrected chi connectivity index (χ1v) is 6.60. The van der Waals surface area contributed by atoms with Crippen molar-refractivity contribution in [3.63, 3.8) is 0 Å². The molecule has 0 atom stereocenters. The third kappa shape index (κ3) is 2.80. The highest BCUT2D eigenvalue weighted by Crippen LogP contribution is 2.21. The first-order valence-electron chi connectivity index (χ1n) is 6.60. The minimum atomic E-state index is 0.390. The molecule has 0 aromatic carbocycles. The van der Waals surface area contributed by atoms with Gasteiger partial charge in [-0.1, -0.05) is 11.2 Å². The number of aryl methyl sites for hydroxylation is 2. The Morgan fingerprint density at radius 1 is 1.10 bits per heavy atom. The minimum Gasteiger partial charge on any atom is -0.332 e. The molecule has 0 spiro atoms. The van der Waals surface area contributed by atoms with Crippen LogP contribution in [0.1, 0.15) is 17.0 Å². The first-order chi connectivity index (χ1) is 10.2. The number of hydrogen-bond donors (Lipinski definition) is 1. The zero-order valence-corrected chi connectivity index (χ0v) is 11.9. The molecule has 0 amide bonds. The van der Waals surface area contributed by atoms with Crippen LogP contribution in [0.2, 0.25) is 0 Å². The van der Waals surface area contributed by atoms with Crippen LogP contribution < -0.4 is 5.73 Å². The van der Waals surface area contributed by atoms with E-state index in [1.165, 1.54) is 0 Å². The molecule has 2 N–H and O–H groups in total.